The van der Waals surface area contributed by atoms with E-state index in [1.165, 1.54) is 47.8 Å². The zero-order valence-electron chi connectivity index (χ0n) is 17.7. The third kappa shape index (κ3) is 5.31. The van der Waals surface area contributed by atoms with Gasteiger partial charge in [0.05, 0.1) is 4.90 Å². The zero-order valence-corrected chi connectivity index (χ0v) is 19.3. The van der Waals surface area contributed by atoms with Crippen LogP contribution in [-0.2, 0) is 10.0 Å². The summed E-state index contributed by atoms with van der Waals surface area (Å²) in [5.74, 6) is 1.13. The predicted molar refractivity (Wildman–Crippen MR) is 121 cm³/mol. The van der Waals surface area contributed by atoms with Crippen molar-refractivity contribution in [1.29, 1.82) is 0 Å². The van der Waals surface area contributed by atoms with Crippen molar-refractivity contribution < 1.29 is 13.2 Å². The van der Waals surface area contributed by atoms with Gasteiger partial charge < -0.3 is 5.32 Å². The Morgan fingerprint density at radius 1 is 1.07 bits per heavy atom. The van der Waals surface area contributed by atoms with Crippen molar-refractivity contribution in [2.45, 2.75) is 63.3 Å². The van der Waals surface area contributed by atoms with Gasteiger partial charge in [-0.3, -0.25) is 15.6 Å². The fourth-order valence-electron chi connectivity index (χ4n) is 4.59. The van der Waals surface area contributed by atoms with Crippen LogP contribution in [0.4, 0.5) is 0 Å². The summed E-state index contributed by atoms with van der Waals surface area (Å²) >= 11 is 5.30. The largest absolute Gasteiger partial charge is 0.358 e. The van der Waals surface area contributed by atoms with E-state index in [1.807, 2.05) is 13.8 Å². The van der Waals surface area contributed by atoms with Crippen LogP contribution < -0.4 is 16.2 Å². The molecule has 9 heteroatoms. The van der Waals surface area contributed by atoms with E-state index in [0.29, 0.717) is 35.7 Å². The highest BCUT2D eigenvalue weighted by Gasteiger charge is 2.39. The summed E-state index contributed by atoms with van der Waals surface area (Å²) in [5, 5.41) is 3.72. The van der Waals surface area contributed by atoms with Crippen molar-refractivity contribution in [1.82, 2.24) is 20.5 Å². The van der Waals surface area contributed by atoms with Gasteiger partial charge in [0.1, 0.15) is 0 Å². The van der Waals surface area contributed by atoms with E-state index < -0.39 is 10.0 Å². The average Bonchev–Trinajstić information content (AvgIpc) is 3.35. The van der Waals surface area contributed by atoms with Crippen LogP contribution in [0.1, 0.15) is 62.7 Å². The Morgan fingerprint density at radius 3 is 2.27 bits per heavy atom. The number of carbonyl (C=O) groups excluding carboxylic acids is 1. The quantitative estimate of drug-likeness (QED) is 0.415. The van der Waals surface area contributed by atoms with Crippen LogP contribution in [0.3, 0.4) is 0 Å². The Bertz CT molecular complexity index is 852. The fraction of sp³-hybridized carbons (Fsp3) is 0.619. The summed E-state index contributed by atoms with van der Waals surface area (Å²) in [6.07, 6.45) is 6.49. The minimum Gasteiger partial charge on any atom is -0.358 e. The maximum absolute atomic E-state index is 12.8. The molecule has 7 nitrogen and oxygen atoms in total. The highest BCUT2D eigenvalue weighted by molar-refractivity contribution is 7.89. The number of nitrogens with zero attached hydrogens (tertiary/aromatic N) is 1. The number of fused-ring (bicyclic) bond motifs is 2. The molecule has 0 spiro atoms. The monoisotopic (exact) mass is 452 g/mol. The van der Waals surface area contributed by atoms with E-state index in [4.69, 9.17) is 12.2 Å². The summed E-state index contributed by atoms with van der Waals surface area (Å²) in [5.41, 5.74) is 5.71. The van der Waals surface area contributed by atoms with Crippen LogP contribution in [0.25, 0.3) is 0 Å². The summed E-state index contributed by atoms with van der Waals surface area (Å²) in [4.78, 5) is 12.6. The van der Waals surface area contributed by atoms with Gasteiger partial charge in [0.2, 0.25) is 10.0 Å². The Morgan fingerprint density at radius 2 is 1.73 bits per heavy atom. The van der Waals surface area contributed by atoms with Crippen molar-refractivity contribution in [3.63, 3.8) is 0 Å². The van der Waals surface area contributed by atoms with Crippen LogP contribution in [0.2, 0.25) is 0 Å². The molecule has 0 radical (unpaired) electrons. The molecule has 3 N–H and O–H groups in total. The second-order valence-corrected chi connectivity index (χ2v) is 10.6. The maximum atomic E-state index is 12.8. The summed E-state index contributed by atoms with van der Waals surface area (Å²) in [6.45, 7) is 4.87. The van der Waals surface area contributed by atoms with Gasteiger partial charge in [0.15, 0.2) is 5.11 Å². The van der Waals surface area contributed by atoms with E-state index in [1.54, 1.807) is 0 Å². The number of rotatable bonds is 8. The first-order valence-electron chi connectivity index (χ1n) is 10.8. The molecule has 1 aromatic carbocycles. The molecule has 3 atom stereocenters. The Labute approximate surface area is 185 Å². The number of benzene rings is 1. The topological polar surface area (TPSA) is 90.5 Å². The molecule has 0 unspecified atom stereocenters. The second-order valence-electron chi connectivity index (χ2n) is 8.26. The number of amides is 1. The van der Waals surface area contributed by atoms with Crippen LogP contribution >= 0.6 is 12.2 Å². The number of hydrogen-bond donors (Lipinski definition) is 3. The van der Waals surface area contributed by atoms with Gasteiger partial charge in [0.25, 0.3) is 5.91 Å². The average molecular weight is 453 g/mol. The molecule has 1 amide bonds. The third-order valence-electron chi connectivity index (χ3n) is 6.04. The molecule has 2 fully saturated rings. The lowest BCUT2D eigenvalue weighted by Crippen LogP contribution is -2.50. The molecule has 0 aliphatic heterocycles. The first-order chi connectivity index (χ1) is 14.3. The van der Waals surface area contributed by atoms with Crippen LogP contribution in [0, 0.1) is 11.8 Å². The molecule has 2 aliphatic carbocycles. The number of hydrogen-bond acceptors (Lipinski definition) is 4. The minimum absolute atomic E-state index is 0.197. The zero-order chi connectivity index (χ0) is 21.7. The van der Waals surface area contributed by atoms with Gasteiger partial charge >= 0.3 is 0 Å². The fourth-order valence-corrected chi connectivity index (χ4v) is 6.42. The molecule has 2 bridgehead atoms. The molecule has 0 aromatic heterocycles. The molecule has 3 rings (SSSR count). The summed E-state index contributed by atoms with van der Waals surface area (Å²) < 4.78 is 27.1. The summed E-state index contributed by atoms with van der Waals surface area (Å²) in [6, 6.07) is 6.39. The third-order valence-corrected chi connectivity index (χ3v) is 8.18. The lowest BCUT2D eigenvalue weighted by atomic mass is 9.96. The van der Waals surface area contributed by atoms with E-state index in [9.17, 15) is 13.2 Å². The van der Waals surface area contributed by atoms with Gasteiger partial charge in [-0.25, -0.2) is 8.42 Å². The SMILES string of the molecule is CCCN(CCC)S(=O)(=O)c1ccc(C(=O)NNC(=S)N[C@@H]2C[C@H]3CC[C@@H]2C3)cc1. The number of sulfonamides is 1. The number of thiocarbonyl (C=S) groups is 1. The summed E-state index contributed by atoms with van der Waals surface area (Å²) in [7, 11) is -3.56. The molecular weight excluding hydrogens is 420 g/mol. The van der Waals surface area contributed by atoms with E-state index in [0.717, 1.165) is 25.2 Å². The lowest BCUT2D eigenvalue weighted by molar-refractivity contribution is 0.0943. The van der Waals surface area contributed by atoms with Crippen molar-refractivity contribution >= 4 is 33.3 Å². The van der Waals surface area contributed by atoms with E-state index in [-0.39, 0.29) is 10.8 Å². The molecule has 30 heavy (non-hydrogen) atoms. The standard InChI is InChI=1S/C21H32N4O3S2/c1-3-11-25(12-4-2)30(27,28)18-9-7-16(8-10-18)20(26)23-24-21(29)22-19-14-15-5-6-17(19)13-15/h7-10,15,17,19H,3-6,11-14H2,1-2H3,(H,23,26)(H2,22,24,29)/t15-,17+,19+/m0/s1. The van der Waals surface area contributed by atoms with Gasteiger partial charge in [-0.1, -0.05) is 20.3 Å². The second kappa shape index (κ2) is 10.1. The Balaban J connectivity index is 1.53. The Kier molecular flexibility index (Phi) is 7.70. The molecule has 1 aromatic rings. The molecule has 0 heterocycles. The van der Waals surface area contributed by atoms with Crippen molar-refractivity contribution in [2.24, 2.45) is 11.8 Å². The van der Waals surface area contributed by atoms with Gasteiger partial charge in [-0.2, -0.15) is 4.31 Å². The molecule has 0 saturated heterocycles. The highest BCUT2D eigenvalue weighted by Crippen LogP contribution is 2.44. The number of hydrazine groups is 1. The molecule has 2 aliphatic rings. The smallest absolute Gasteiger partial charge is 0.269 e. The van der Waals surface area contributed by atoms with Crippen molar-refractivity contribution in [2.75, 3.05) is 13.1 Å². The predicted octanol–water partition coefficient (Wildman–Crippen LogP) is 2.79. The first-order valence-corrected chi connectivity index (χ1v) is 12.7. The minimum atomic E-state index is -3.56. The van der Waals surface area contributed by atoms with E-state index in [2.05, 4.69) is 16.2 Å². The Hall–Kier alpha value is -1.71. The van der Waals surface area contributed by atoms with Crippen LogP contribution in [0.15, 0.2) is 29.2 Å². The molecule has 2 saturated carbocycles. The van der Waals surface area contributed by atoms with Gasteiger partial charge in [-0.05, 0) is 80.4 Å². The maximum Gasteiger partial charge on any atom is 0.269 e. The van der Waals surface area contributed by atoms with Crippen molar-refractivity contribution in [3.8, 4) is 0 Å². The van der Waals surface area contributed by atoms with Gasteiger partial charge in [-0.15, -0.1) is 0 Å². The molecule has 166 valence electrons. The normalized spacial score (nSPS) is 22.8. The highest BCUT2D eigenvalue weighted by atomic mass is 32.2. The van der Waals surface area contributed by atoms with Gasteiger partial charge in [0, 0.05) is 24.7 Å². The van der Waals surface area contributed by atoms with Crippen LogP contribution in [0.5, 0.6) is 0 Å². The molecular formula is C21H32N4O3S2. The number of carbonyl (C=O) groups is 1. The van der Waals surface area contributed by atoms with E-state index >= 15 is 0 Å². The lowest BCUT2D eigenvalue weighted by Gasteiger charge is -2.24. The van der Waals surface area contributed by atoms with Crippen molar-refractivity contribution in [3.05, 3.63) is 29.8 Å². The van der Waals surface area contributed by atoms with Crippen LogP contribution in [-0.4, -0.2) is 42.9 Å². The number of nitrogens with one attached hydrogen (secondary N) is 3. The first kappa shape index (κ1) is 23.0.